The fraction of sp³-hybridized carbons (Fsp3) is 0.278. The van der Waals surface area contributed by atoms with Crippen molar-refractivity contribution in [3.05, 3.63) is 58.9 Å². The van der Waals surface area contributed by atoms with E-state index in [0.29, 0.717) is 37.5 Å². The first-order valence-corrected chi connectivity index (χ1v) is 8.09. The molecule has 0 spiro atoms. The largest absolute Gasteiger partial charge is 0.497 e. The maximum Gasteiger partial charge on any atom is 0.254 e. The van der Waals surface area contributed by atoms with Crippen molar-refractivity contribution < 1.29 is 13.9 Å². The number of rotatable bonds is 3. The molecule has 1 aliphatic rings. The van der Waals surface area contributed by atoms with Gasteiger partial charge in [0.2, 0.25) is 0 Å². The summed E-state index contributed by atoms with van der Waals surface area (Å²) >= 11 is 5.84. The second kappa shape index (κ2) is 7.09. The van der Waals surface area contributed by atoms with Crippen molar-refractivity contribution in [3.63, 3.8) is 0 Å². The topological polar surface area (TPSA) is 32.8 Å². The van der Waals surface area contributed by atoms with Crippen LogP contribution < -0.4 is 9.64 Å². The van der Waals surface area contributed by atoms with Crippen molar-refractivity contribution in [1.82, 2.24) is 4.90 Å². The van der Waals surface area contributed by atoms with Crippen LogP contribution in [0.15, 0.2) is 42.5 Å². The number of anilines is 1. The number of carbonyl (C=O) groups is 1. The van der Waals surface area contributed by atoms with Gasteiger partial charge in [0.25, 0.3) is 5.91 Å². The summed E-state index contributed by atoms with van der Waals surface area (Å²) in [5.74, 6) is 0.235. The number of amides is 1. The maximum atomic E-state index is 13.3. The highest BCUT2D eigenvalue weighted by molar-refractivity contribution is 6.31. The Bertz CT molecular complexity index is 746. The molecular weight excluding hydrogens is 331 g/mol. The van der Waals surface area contributed by atoms with E-state index in [2.05, 4.69) is 4.90 Å². The van der Waals surface area contributed by atoms with Crippen LogP contribution in [0, 0.1) is 5.82 Å². The van der Waals surface area contributed by atoms with Crippen molar-refractivity contribution >= 4 is 23.2 Å². The lowest BCUT2D eigenvalue weighted by molar-refractivity contribution is 0.0746. The fourth-order valence-corrected chi connectivity index (χ4v) is 2.96. The second-order valence-electron chi connectivity index (χ2n) is 5.61. The number of benzene rings is 2. The molecule has 1 aliphatic heterocycles. The second-order valence-corrected chi connectivity index (χ2v) is 6.02. The van der Waals surface area contributed by atoms with Gasteiger partial charge in [0.15, 0.2) is 0 Å². The summed E-state index contributed by atoms with van der Waals surface area (Å²) in [5.41, 5.74) is 1.49. The van der Waals surface area contributed by atoms with Crippen LogP contribution in [-0.2, 0) is 0 Å². The molecule has 126 valence electrons. The van der Waals surface area contributed by atoms with Crippen LogP contribution in [0.2, 0.25) is 5.02 Å². The van der Waals surface area contributed by atoms with Gasteiger partial charge >= 0.3 is 0 Å². The van der Waals surface area contributed by atoms with Gasteiger partial charge in [-0.15, -0.1) is 0 Å². The average Bonchev–Trinajstić information content (AvgIpc) is 2.63. The lowest BCUT2D eigenvalue weighted by Crippen LogP contribution is -2.48. The van der Waals surface area contributed by atoms with Crippen LogP contribution in [0.1, 0.15) is 10.4 Å². The molecule has 3 rings (SSSR count). The van der Waals surface area contributed by atoms with Gasteiger partial charge < -0.3 is 14.5 Å². The first-order valence-electron chi connectivity index (χ1n) is 7.72. The van der Waals surface area contributed by atoms with E-state index < -0.39 is 5.82 Å². The third-order valence-corrected chi connectivity index (χ3v) is 4.44. The summed E-state index contributed by atoms with van der Waals surface area (Å²) in [5, 5.41) is 0.113. The van der Waals surface area contributed by atoms with Crippen LogP contribution >= 0.6 is 11.6 Å². The van der Waals surface area contributed by atoms with Gasteiger partial charge in [-0.3, -0.25) is 4.79 Å². The molecule has 6 heteroatoms. The molecule has 4 nitrogen and oxygen atoms in total. The van der Waals surface area contributed by atoms with Crippen LogP contribution in [0.3, 0.4) is 0 Å². The average molecular weight is 349 g/mol. The molecule has 0 unspecified atom stereocenters. The highest BCUT2D eigenvalue weighted by Gasteiger charge is 2.23. The van der Waals surface area contributed by atoms with Gasteiger partial charge in [0.05, 0.1) is 12.1 Å². The van der Waals surface area contributed by atoms with E-state index >= 15 is 0 Å². The molecule has 1 amide bonds. The molecule has 0 saturated carbocycles. The maximum absolute atomic E-state index is 13.3. The molecule has 0 aromatic heterocycles. The molecule has 0 bridgehead atoms. The third kappa shape index (κ3) is 3.46. The molecular formula is C18H18ClFN2O2. The predicted molar refractivity (Wildman–Crippen MR) is 92.5 cm³/mol. The van der Waals surface area contributed by atoms with Gasteiger partial charge in [-0.2, -0.15) is 0 Å². The zero-order valence-electron chi connectivity index (χ0n) is 13.3. The Balaban J connectivity index is 1.65. The quantitative estimate of drug-likeness (QED) is 0.851. The predicted octanol–water partition coefficient (Wildman–Crippen LogP) is 3.45. The number of ether oxygens (including phenoxy) is 1. The van der Waals surface area contributed by atoms with E-state index in [0.717, 1.165) is 5.69 Å². The number of methoxy groups -OCH3 is 1. The zero-order chi connectivity index (χ0) is 17.1. The summed E-state index contributed by atoms with van der Waals surface area (Å²) in [6.45, 7) is 2.56. The van der Waals surface area contributed by atoms with Crippen molar-refractivity contribution in [2.24, 2.45) is 0 Å². The van der Waals surface area contributed by atoms with E-state index in [4.69, 9.17) is 16.3 Å². The van der Waals surface area contributed by atoms with Gasteiger partial charge in [0, 0.05) is 37.4 Å². The lowest BCUT2D eigenvalue weighted by Gasteiger charge is -2.36. The summed E-state index contributed by atoms with van der Waals surface area (Å²) in [6.07, 6.45) is 0. The van der Waals surface area contributed by atoms with Gasteiger partial charge in [-0.25, -0.2) is 4.39 Å². The summed E-state index contributed by atoms with van der Waals surface area (Å²) in [7, 11) is 1.58. The molecule has 0 N–H and O–H groups in total. The highest BCUT2D eigenvalue weighted by atomic mass is 35.5. The van der Waals surface area contributed by atoms with E-state index in [1.807, 2.05) is 17.0 Å². The normalized spacial score (nSPS) is 14.6. The highest BCUT2D eigenvalue weighted by Crippen LogP contribution is 2.24. The molecule has 0 atom stereocenters. The van der Waals surface area contributed by atoms with Crippen LogP contribution in [-0.4, -0.2) is 44.1 Å². The number of carbonyl (C=O) groups excluding carboxylic acids is 1. The SMILES string of the molecule is COc1cccc(C(=O)N2CCN(c3ccc(F)c(Cl)c3)CC2)c1. The summed E-state index contributed by atoms with van der Waals surface area (Å²) in [6, 6.07) is 11.9. The van der Waals surface area contributed by atoms with Crippen LogP contribution in [0.4, 0.5) is 10.1 Å². The van der Waals surface area contributed by atoms with Crippen LogP contribution in [0.5, 0.6) is 5.75 Å². The Morgan fingerprint density at radius 3 is 2.54 bits per heavy atom. The van der Waals surface area contributed by atoms with E-state index in [1.54, 1.807) is 31.4 Å². The van der Waals surface area contributed by atoms with Gasteiger partial charge in [-0.1, -0.05) is 17.7 Å². The number of hydrogen-bond acceptors (Lipinski definition) is 3. The number of piperazine rings is 1. The standard InChI is InChI=1S/C18H18ClFN2O2/c1-24-15-4-2-3-13(11-15)18(23)22-9-7-21(8-10-22)14-5-6-17(20)16(19)12-14/h2-6,11-12H,7-10H2,1H3. The first-order chi connectivity index (χ1) is 11.6. The lowest BCUT2D eigenvalue weighted by atomic mass is 10.1. The van der Waals surface area contributed by atoms with Gasteiger partial charge in [-0.05, 0) is 36.4 Å². The minimum atomic E-state index is -0.424. The summed E-state index contributed by atoms with van der Waals surface area (Å²) in [4.78, 5) is 16.5. The Morgan fingerprint density at radius 2 is 1.88 bits per heavy atom. The molecule has 0 aliphatic carbocycles. The van der Waals surface area contributed by atoms with E-state index in [1.165, 1.54) is 6.07 Å². The van der Waals surface area contributed by atoms with Crippen LogP contribution in [0.25, 0.3) is 0 Å². The van der Waals surface area contributed by atoms with Crippen molar-refractivity contribution in [3.8, 4) is 5.75 Å². The van der Waals surface area contributed by atoms with Crippen molar-refractivity contribution in [2.75, 3.05) is 38.2 Å². The summed E-state index contributed by atoms with van der Waals surface area (Å²) < 4.78 is 18.4. The van der Waals surface area contributed by atoms with Gasteiger partial charge in [0.1, 0.15) is 11.6 Å². The molecule has 2 aromatic rings. The van der Waals surface area contributed by atoms with Crippen molar-refractivity contribution in [1.29, 1.82) is 0 Å². The molecule has 0 radical (unpaired) electrons. The molecule has 24 heavy (non-hydrogen) atoms. The zero-order valence-corrected chi connectivity index (χ0v) is 14.1. The molecule has 1 heterocycles. The number of halogens is 2. The molecule has 1 fully saturated rings. The molecule has 2 aromatic carbocycles. The van der Waals surface area contributed by atoms with Crippen molar-refractivity contribution in [2.45, 2.75) is 0 Å². The third-order valence-electron chi connectivity index (χ3n) is 4.15. The minimum absolute atomic E-state index is 0.00862. The van der Waals surface area contributed by atoms with E-state index in [9.17, 15) is 9.18 Å². The Hall–Kier alpha value is -2.27. The first kappa shape index (κ1) is 16.6. The smallest absolute Gasteiger partial charge is 0.254 e. The monoisotopic (exact) mass is 348 g/mol. The fourth-order valence-electron chi connectivity index (χ4n) is 2.79. The Labute approximate surface area is 145 Å². The Kier molecular flexibility index (Phi) is 4.90. The number of nitrogens with zero attached hydrogens (tertiary/aromatic N) is 2. The van der Waals surface area contributed by atoms with E-state index in [-0.39, 0.29) is 10.9 Å². The Morgan fingerprint density at radius 1 is 1.12 bits per heavy atom. The number of hydrogen-bond donors (Lipinski definition) is 0. The molecule has 1 saturated heterocycles. The minimum Gasteiger partial charge on any atom is -0.497 e.